The summed E-state index contributed by atoms with van der Waals surface area (Å²) >= 11 is 0. The quantitative estimate of drug-likeness (QED) is 0.889. The van der Waals surface area contributed by atoms with Crippen LogP contribution in [0.25, 0.3) is 0 Å². The normalized spacial score (nSPS) is 11.8. The first-order valence-electron chi connectivity index (χ1n) is 6.94. The Morgan fingerprint density at radius 1 is 1.19 bits per heavy atom. The van der Waals surface area contributed by atoms with Gasteiger partial charge in [-0.05, 0) is 31.0 Å². The van der Waals surface area contributed by atoms with Gasteiger partial charge in [-0.3, -0.25) is 0 Å². The fourth-order valence-electron chi connectivity index (χ4n) is 2.09. The molecule has 0 saturated carbocycles. The minimum absolute atomic E-state index is 0.283. The summed E-state index contributed by atoms with van der Waals surface area (Å²) in [6.45, 7) is 5.94. The van der Waals surface area contributed by atoms with Gasteiger partial charge in [0.05, 0.1) is 10.6 Å². The van der Waals surface area contributed by atoms with Crippen molar-refractivity contribution < 1.29 is 12.8 Å². The number of hydrogen-bond donors (Lipinski definition) is 1. The van der Waals surface area contributed by atoms with E-state index in [1.165, 1.54) is 0 Å². The third-order valence-electron chi connectivity index (χ3n) is 3.29. The molecule has 0 unspecified atom stereocenters. The van der Waals surface area contributed by atoms with Gasteiger partial charge in [-0.25, -0.2) is 18.1 Å². The summed E-state index contributed by atoms with van der Waals surface area (Å²) < 4.78 is 32.3. The molecule has 0 bridgehead atoms. The molecule has 0 saturated heterocycles. The maximum Gasteiger partial charge on any atom is 0.240 e. The smallest absolute Gasteiger partial charge is 0.240 e. The first-order chi connectivity index (χ1) is 9.92. The number of nitrogens with one attached hydrogen (secondary N) is 1. The highest BCUT2D eigenvalue weighted by atomic mass is 32.2. The van der Waals surface area contributed by atoms with E-state index in [4.69, 9.17) is 4.42 Å². The van der Waals surface area contributed by atoms with Gasteiger partial charge in [0.15, 0.2) is 5.89 Å². The zero-order valence-electron chi connectivity index (χ0n) is 12.5. The second kappa shape index (κ2) is 6.41. The molecule has 0 spiro atoms. The summed E-state index contributed by atoms with van der Waals surface area (Å²) in [5.74, 6) is 1.32. The number of sulfonamides is 1. The number of hydrogen-bond acceptors (Lipinski definition) is 4. The molecule has 1 heterocycles. The lowest BCUT2D eigenvalue weighted by Gasteiger charge is -2.06. The van der Waals surface area contributed by atoms with Crippen LogP contribution in [0.2, 0.25) is 0 Å². The van der Waals surface area contributed by atoms with Crippen molar-refractivity contribution in [2.24, 2.45) is 0 Å². The molecule has 21 heavy (non-hydrogen) atoms. The van der Waals surface area contributed by atoms with Gasteiger partial charge in [-0.1, -0.05) is 19.1 Å². The van der Waals surface area contributed by atoms with Crippen LogP contribution in [0.15, 0.2) is 33.6 Å². The molecule has 6 heteroatoms. The van der Waals surface area contributed by atoms with Gasteiger partial charge in [0.2, 0.25) is 10.0 Å². The molecule has 0 aliphatic carbocycles. The monoisotopic (exact) mass is 308 g/mol. The second-order valence-corrected chi connectivity index (χ2v) is 6.65. The molecule has 0 radical (unpaired) electrons. The molecule has 2 aromatic rings. The van der Waals surface area contributed by atoms with E-state index in [-0.39, 0.29) is 11.4 Å². The van der Waals surface area contributed by atoms with E-state index in [0.29, 0.717) is 12.3 Å². The van der Waals surface area contributed by atoms with Gasteiger partial charge in [0.1, 0.15) is 5.76 Å². The number of aryl methyl sites for hydroxylation is 3. The van der Waals surface area contributed by atoms with Gasteiger partial charge >= 0.3 is 0 Å². The molecule has 114 valence electrons. The standard InChI is InChI=1S/C15H20N2O3S/c1-4-13-5-7-14(8-6-13)21(18,19)16-10-9-15-11(2)17-12(3)20-15/h5-8,16H,4,9-10H2,1-3H3. The molecular weight excluding hydrogens is 288 g/mol. The van der Waals surface area contributed by atoms with Crippen molar-refractivity contribution in [3.63, 3.8) is 0 Å². The number of aromatic nitrogens is 1. The highest BCUT2D eigenvalue weighted by molar-refractivity contribution is 7.89. The van der Waals surface area contributed by atoms with Crippen molar-refractivity contribution in [2.75, 3.05) is 6.54 Å². The Morgan fingerprint density at radius 2 is 1.86 bits per heavy atom. The topological polar surface area (TPSA) is 72.2 Å². The first kappa shape index (κ1) is 15.7. The summed E-state index contributed by atoms with van der Waals surface area (Å²) in [5.41, 5.74) is 1.92. The van der Waals surface area contributed by atoms with Crippen molar-refractivity contribution in [3.8, 4) is 0 Å². The van der Waals surface area contributed by atoms with Crippen LogP contribution in [0.1, 0.15) is 29.8 Å². The van der Waals surface area contributed by atoms with Gasteiger partial charge in [-0.2, -0.15) is 0 Å². The van der Waals surface area contributed by atoms with Crippen molar-refractivity contribution in [1.29, 1.82) is 0 Å². The Balaban J connectivity index is 1.99. The molecular formula is C15H20N2O3S. The van der Waals surface area contributed by atoms with Gasteiger partial charge in [0.25, 0.3) is 0 Å². The van der Waals surface area contributed by atoms with E-state index in [1.807, 2.05) is 26.0 Å². The highest BCUT2D eigenvalue weighted by Gasteiger charge is 2.14. The average molecular weight is 308 g/mol. The van der Waals surface area contributed by atoms with E-state index in [0.717, 1.165) is 23.4 Å². The SMILES string of the molecule is CCc1ccc(S(=O)(=O)NCCc2oc(C)nc2C)cc1. The largest absolute Gasteiger partial charge is 0.446 e. The summed E-state index contributed by atoms with van der Waals surface area (Å²) in [7, 11) is -3.47. The van der Waals surface area contributed by atoms with Crippen LogP contribution in [0.3, 0.4) is 0 Å². The predicted molar refractivity (Wildman–Crippen MR) is 80.7 cm³/mol. The lowest BCUT2D eigenvalue weighted by atomic mass is 10.2. The van der Waals surface area contributed by atoms with Crippen molar-refractivity contribution in [3.05, 3.63) is 47.2 Å². The van der Waals surface area contributed by atoms with E-state index >= 15 is 0 Å². The molecule has 0 atom stereocenters. The lowest BCUT2D eigenvalue weighted by molar-refractivity contribution is 0.472. The molecule has 5 nitrogen and oxygen atoms in total. The van der Waals surface area contributed by atoms with E-state index in [2.05, 4.69) is 9.71 Å². The van der Waals surface area contributed by atoms with Gasteiger partial charge in [-0.15, -0.1) is 0 Å². The predicted octanol–water partition coefficient (Wildman–Crippen LogP) is 2.37. The Kier molecular flexibility index (Phi) is 4.80. The maximum atomic E-state index is 12.2. The highest BCUT2D eigenvalue weighted by Crippen LogP contribution is 2.12. The molecule has 1 aromatic carbocycles. The number of nitrogens with zero attached hydrogens (tertiary/aromatic N) is 1. The molecule has 1 N–H and O–H groups in total. The molecule has 0 fully saturated rings. The maximum absolute atomic E-state index is 12.2. The second-order valence-electron chi connectivity index (χ2n) is 4.89. The molecule has 1 aromatic heterocycles. The fourth-order valence-corrected chi connectivity index (χ4v) is 3.12. The minimum Gasteiger partial charge on any atom is -0.446 e. The van der Waals surface area contributed by atoms with E-state index < -0.39 is 10.0 Å². The van der Waals surface area contributed by atoms with E-state index in [1.54, 1.807) is 19.1 Å². The van der Waals surface area contributed by atoms with Crippen LogP contribution in [0.5, 0.6) is 0 Å². The first-order valence-corrected chi connectivity index (χ1v) is 8.42. The van der Waals surface area contributed by atoms with Crippen molar-refractivity contribution >= 4 is 10.0 Å². The Hall–Kier alpha value is -1.66. The fraction of sp³-hybridized carbons (Fsp3) is 0.400. The van der Waals surface area contributed by atoms with Crippen molar-refractivity contribution in [1.82, 2.24) is 9.71 Å². The Labute approximate surface area is 125 Å². The van der Waals surface area contributed by atoms with Crippen LogP contribution in [0.4, 0.5) is 0 Å². The number of rotatable bonds is 6. The zero-order chi connectivity index (χ0) is 15.5. The van der Waals surface area contributed by atoms with Gasteiger partial charge in [0, 0.05) is 19.9 Å². The Morgan fingerprint density at radius 3 is 2.38 bits per heavy atom. The molecule has 0 amide bonds. The summed E-state index contributed by atoms with van der Waals surface area (Å²) in [6.07, 6.45) is 1.37. The number of oxazole rings is 1. The van der Waals surface area contributed by atoms with Crippen LogP contribution in [-0.4, -0.2) is 19.9 Å². The van der Waals surface area contributed by atoms with Crippen LogP contribution < -0.4 is 4.72 Å². The van der Waals surface area contributed by atoms with Gasteiger partial charge < -0.3 is 4.42 Å². The summed E-state index contributed by atoms with van der Waals surface area (Å²) in [6, 6.07) is 6.92. The molecule has 0 aliphatic heterocycles. The molecule has 0 aliphatic rings. The van der Waals surface area contributed by atoms with E-state index in [9.17, 15) is 8.42 Å². The van der Waals surface area contributed by atoms with Crippen molar-refractivity contribution in [2.45, 2.75) is 38.5 Å². The average Bonchev–Trinajstić information content (AvgIpc) is 2.77. The minimum atomic E-state index is -3.47. The van der Waals surface area contributed by atoms with Crippen LogP contribution in [-0.2, 0) is 22.9 Å². The molecule has 2 rings (SSSR count). The summed E-state index contributed by atoms with van der Waals surface area (Å²) in [5, 5.41) is 0. The van der Waals surface area contributed by atoms with Crippen LogP contribution in [0, 0.1) is 13.8 Å². The van der Waals surface area contributed by atoms with Crippen LogP contribution >= 0.6 is 0 Å². The number of benzene rings is 1. The third-order valence-corrected chi connectivity index (χ3v) is 4.76. The Bertz CT molecular complexity index is 703. The summed E-state index contributed by atoms with van der Waals surface area (Å²) in [4.78, 5) is 4.44. The lowest BCUT2D eigenvalue weighted by Crippen LogP contribution is -2.26. The third kappa shape index (κ3) is 3.92. The zero-order valence-corrected chi connectivity index (χ0v) is 13.3.